The van der Waals surface area contributed by atoms with Crippen LogP contribution < -0.4 is 9.47 Å². The summed E-state index contributed by atoms with van der Waals surface area (Å²) in [6.45, 7) is 1.64. The molecule has 1 fully saturated rings. The van der Waals surface area contributed by atoms with Crippen molar-refractivity contribution in [3.63, 3.8) is 0 Å². The minimum absolute atomic E-state index is 0.464. The first-order valence-corrected chi connectivity index (χ1v) is 5.15. The van der Waals surface area contributed by atoms with Gasteiger partial charge in [0.15, 0.2) is 0 Å². The highest BCUT2D eigenvalue weighted by molar-refractivity contribution is 5.43. The number of hydrogen-bond donors (Lipinski definition) is 0. The molecule has 0 aromatic heterocycles. The highest BCUT2D eigenvalue weighted by Gasteiger charge is 2.21. The Bertz CT molecular complexity index is 330. The van der Waals surface area contributed by atoms with Gasteiger partial charge in [-0.05, 0) is 18.1 Å². The third kappa shape index (κ3) is 2.07. The van der Waals surface area contributed by atoms with E-state index < -0.39 is 0 Å². The third-order valence-corrected chi connectivity index (χ3v) is 2.81. The molecule has 2 rings (SSSR count). The van der Waals surface area contributed by atoms with Crippen molar-refractivity contribution < 1.29 is 14.2 Å². The fourth-order valence-corrected chi connectivity index (χ4v) is 1.94. The van der Waals surface area contributed by atoms with Crippen LogP contribution in [-0.2, 0) is 4.74 Å². The van der Waals surface area contributed by atoms with E-state index in [0.29, 0.717) is 5.92 Å². The maximum Gasteiger partial charge on any atom is 0.126 e. The van der Waals surface area contributed by atoms with Crippen molar-refractivity contribution in [3.05, 3.63) is 23.8 Å². The van der Waals surface area contributed by atoms with Gasteiger partial charge in [-0.1, -0.05) is 6.07 Å². The summed E-state index contributed by atoms with van der Waals surface area (Å²) in [5.41, 5.74) is 1.22. The summed E-state index contributed by atoms with van der Waals surface area (Å²) >= 11 is 0. The lowest BCUT2D eigenvalue weighted by Gasteiger charge is -2.14. The van der Waals surface area contributed by atoms with E-state index in [0.717, 1.165) is 31.1 Å². The molecular weight excluding hydrogens is 192 g/mol. The molecule has 15 heavy (non-hydrogen) atoms. The van der Waals surface area contributed by atoms with Crippen molar-refractivity contribution in [2.45, 2.75) is 12.3 Å². The Labute approximate surface area is 90.0 Å². The number of methoxy groups -OCH3 is 2. The van der Waals surface area contributed by atoms with Crippen LogP contribution in [0.25, 0.3) is 0 Å². The molecule has 1 aliphatic heterocycles. The molecule has 82 valence electrons. The summed E-state index contributed by atoms with van der Waals surface area (Å²) in [5.74, 6) is 2.19. The van der Waals surface area contributed by atoms with Gasteiger partial charge in [-0.3, -0.25) is 0 Å². The number of hydrogen-bond acceptors (Lipinski definition) is 3. The average Bonchev–Trinajstić information content (AvgIpc) is 2.81. The van der Waals surface area contributed by atoms with E-state index in [1.54, 1.807) is 14.2 Å². The molecule has 1 aliphatic rings. The molecule has 0 spiro atoms. The van der Waals surface area contributed by atoms with Crippen LogP contribution >= 0.6 is 0 Å². The Balaban J connectivity index is 2.29. The third-order valence-electron chi connectivity index (χ3n) is 2.81. The standard InChI is InChI=1S/C12H16O3/c1-13-10-3-4-11(12(7-10)14-2)9-5-6-15-8-9/h3-4,7,9H,5-6,8H2,1-2H3. The zero-order chi connectivity index (χ0) is 10.7. The monoisotopic (exact) mass is 208 g/mol. The largest absolute Gasteiger partial charge is 0.497 e. The van der Waals surface area contributed by atoms with Crippen molar-refractivity contribution in [2.75, 3.05) is 27.4 Å². The predicted molar refractivity (Wildman–Crippen MR) is 57.7 cm³/mol. The summed E-state index contributed by atoms with van der Waals surface area (Å²) in [7, 11) is 3.35. The van der Waals surface area contributed by atoms with Gasteiger partial charge in [0, 0.05) is 18.6 Å². The maximum atomic E-state index is 5.38. The van der Waals surface area contributed by atoms with Gasteiger partial charge < -0.3 is 14.2 Å². The summed E-state index contributed by atoms with van der Waals surface area (Å²) < 4.78 is 15.9. The Hall–Kier alpha value is -1.22. The quantitative estimate of drug-likeness (QED) is 0.762. The lowest BCUT2D eigenvalue weighted by atomic mass is 9.97. The average molecular weight is 208 g/mol. The molecular formula is C12H16O3. The lowest BCUT2D eigenvalue weighted by molar-refractivity contribution is 0.193. The Morgan fingerprint density at radius 1 is 1.27 bits per heavy atom. The second-order valence-corrected chi connectivity index (χ2v) is 3.67. The van der Waals surface area contributed by atoms with Gasteiger partial charge in [0.05, 0.1) is 20.8 Å². The number of rotatable bonds is 3. The van der Waals surface area contributed by atoms with Gasteiger partial charge in [0.1, 0.15) is 11.5 Å². The SMILES string of the molecule is COc1ccc(C2CCOC2)c(OC)c1. The molecule has 1 atom stereocenters. The molecule has 0 saturated carbocycles. The molecule has 1 aromatic rings. The first-order chi connectivity index (χ1) is 7.35. The van der Waals surface area contributed by atoms with Crippen LogP contribution in [0, 0.1) is 0 Å². The van der Waals surface area contributed by atoms with E-state index in [4.69, 9.17) is 14.2 Å². The second kappa shape index (κ2) is 4.53. The molecule has 1 heterocycles. The van der Waals surface area contributed by atoms with E-state index in [9.17, 15) is 0 Å². The fourth-order valence-electron chi connectivity index (χ4n) is 1.94. The van der Waals surface area contributed by atoms with E-state index in [2.05, 4.69) is 6.07 Å². The second-order valence-electron chi connectivity index (χ2n) is 3.67. The van der Waals surface area contributed by atoms with Gasteiger partial charge in [-0.2, -0.15) is 0 Å². The van der Waals surface area contributed by atoms with Crippen LogP contribution in [0.3, 0.4) is 0 Å². The first kappa shape index (κ1) is 10.3. The molecule has 1 saturated heterocycles. The van der Waals surface area contributed by atoms with Crippen LogP contribution in [0.5, 0.6) is 11.5 Å². The fraction of sp³-hybridized carbons (Fsp3) is 0.500. The molecule has 0 radical (unpaired) electrons. The van der Waals surface area contributed by atoms with E-state index in [1.165, 1.54) is 5.56 Å². The van der Waals surface area contributed by atoms with Crippen LogP contribution in [0.2, 0.25) is 0 Å². The van der Waals surface area contributed by atoms with E-state index >= 15 is 0 Å². The summed E-state index contributed by atoms with van der Waals surface area (Å²) in [4.78, 5) is 0. The van der Waals surface area contributed by atoms with Gasteiger partial charge in [0.2, 0.25) is 0 Å². The van der Waals surface area contributed by atoms with Gasteiger partial charge in [-0.15, -0.1) is 0 Å². The van der Waals surface area contributed by atoms with Gasteiger partial charge in [-0.25, -0.2) is 0 Å². The molecule has 3 nitrogen and oxygen atoms in total. The lowest BCUT2D eigenvalue weighted by Crippen LogP contribution is -2.01. The Morgan fingerprint density at radius 2 is 2.13 bits per heavy atom. The van der Waals surface area contributed by atoms with Crippen molar-refractivity contribution >= 4 is 0 Å². The molecule has 0 N–H and O–H groups in total. The molecule has 3 heteroatoms. The minimum Gasteiger partial charge on any atom is -0.497 e. The van der Waals surface area contributed by atoms with Gasteiger partial charge in [0.25, 0.3) is 0 Å². The summed E-state index contributed by atoms with van der Waals surface area (Å²) in [6, 6.07) is 5.96. The number of ether oxygens (including phenoxy) is 3. The molecule has 0 aliphatic carbocycles. The van der Waals surface area contributed by atoms with E-state index in [1.807, 2.05) is 12.1 Å². The topological polar surface area (TPSA) is 27.7 Å². The summed E-state index contributed by atoms with van der Waals surface area (Å²) in [5, 5.41) is 0. The van der Waals surface area contributed by atoms with Crippen molar-refractivity contribution in [1.29, 1.82) is 0 Å². The highest BCUT2D eigenvalue weighted by Crippen LogP contribution is 2.34. The predicted octanol–water partition coefficient (Wildman–Crippen LogP) is 2.21. The highest BCUT2D eigenvalue weighted by atomic mass is 16.5. The normalized spacial score (nSPS) is 20.3. The summed E-state index contributed by atoms with van der Waals surface area (Å²) in [6.07, 6.45) is 1.07. The van der Waals surface area contributed by atoms with Gasteiger partial charge >= 0.3 is 0 Å². The van der Waals surface area contributed by atoms with Crippen LogP contribution in [0.4, 0.5) is 0 Å². The van der Waals surface area contributed by atoms with Crippen molar-refractivity contribution in [3.8, 4) is 11.5 Å². The van der Waals surface area contributed by atoms with Crippen LogP contribution in [-0.4, -0.2) is 27.4 Å². The van der Waals surface area contributed by atoms with E-state index in [-0.39, 0.29) is 0 Å². The Kier molecular flexibility index (Phi) is 3.11. The van der Waals surface area contributed by atoms with Crippen molar-refractivity contribution in [2.24, 2.45) is 0 Å². The smallest absolute Gasteiger partial charge is 0.126 e. The first-order valence-electron chi connectivity index (χ1n) is 5.15. The maximum absolute atomic E-state index is 5.38. The van der Waals surface area contributed by atoms with Crippen LogP contribution in [0.1, 0.15) is 17.9 Å². The molecule has 1 unspecified atom stereocenters. The van der Waals surface area contributed by atoms with Crippen LogP contribution in [0.15, 0.2) is 18.2 Å². The molecule has 0 bridgehead atoms. The van der Waals surface area contributed by atoms with Crippen molar-refractivity contribution in [1.82, 2.24) is 0 Å². The number of benzene rings is 1. The zero-order valence-corrected chi connectivity index (χ0v) is 9.16. The minimum atomic E-state index is 0.464. The zero-order valence-electron chi connectivity index (χ0n) is 9.16. The Morgan fingerprint density at radius 3 is 2.73 bits per heavy atom. The molecule has 1 aromatic carbocycles. The molecule has 0 amide bonds.